The first-order valence-electron chi connectivity index (χ1n) is 9.10. The van der Waals surface area contributed by atoms with E-state index in [1.807, 2.05) is 60.7 Å². The minimum Gasteiger partial charge on any atom is -0.497 e. The maximum atomic E-state index is 11.3. The predicted octanol–water partition coefficient (Wildman–Crippen LogP) is 5.22. The van der Waals surface area contributed by atoms with E-state index in [-0.39, 0.29) is 5.41 Å². The van der Waals surface area contributed by atoms with Gasteiger partial charge in [0.15, 0.2) is 0 Å². The Bertz CT molecular complexity index is 950. The highest BCUT2D eigenvalue weighted by Gasteiger charge is 2.23. The smallest absolute Gasteiger partial charge is 0.328 e. The molecule has 0 aliphatic carbocycles. The Balaban J connectivity index is 2.07. The summed E-state index contributed by atoms with van der Waals surface area (Å²) in [7, 11) is 1.63. The van der Waals surface area contributed by atoms with Gasteiger partial charge in [0.1, 0.15) is 11.5 Å². The molecule has 0 saturated heterocycles. The van der Waals surface area contributed by atoms with Crippen LogP contribution in [0.4, 0.5) is 0 Å². The first kappa shape index (κ1) is 19.5. The molecule has 2 aromatic carbocycles. The molecule has 144 valence electrons. The van der Waals surface area contributed by atoms with Crippen LogP contribution in [0, 0.1) is 5.41 Å². The molecule has 4 heteroatoms. The van der Waals surface area contributed by atoms with Crippen LogP contribution in [0.2, 0.25) is 0 Å². The number of rotatable bonds is 5. The zero-order chi connectivity index (χ0) is 20.1. The monoisotopic (exact) mass is 376 g/mol. The topological polar surface area (TPSA) is 55.8 Å². The number of allylic oxidation sites excluding steroid dienone is 4. The standard InChI is InChI=1S/C24H24O4/c1-24(2)15-19(21-14-20(27-3)11-12-22(21)28-16-24)10-9-18(13-23(25)26)17-7-5-4-6-8-17/h4-15H,16H2,1-3H3,(H,25,26)/b10-9+,18-13-. The minimum absolute atomic E-state index is 0.171. The van der Waals surface area contributed by atoms with Crippen LogP contribution in [0.3, 0.4) is 0 Å². The molecule has 0 aromatic heterocycles. The predicted molar refractivity (Wildman–Crippen MR) is 111 cm³/mol. The molecule has 0 unspecified atom stereocenters. The lowest BCUT2D eigenvalue weighted by atomic mass is 9.90. The molecule has 0 atom stereocenters. The van der Waals surface area contributed by atoms with E-state index in [2.05, 4.69) is 19.9 Å². The Morgan fingerprint density at radius 3 is 2.61 bits per heavy atom. The molecule has 0 fully saturated rings. The minimum atomic E-state index is -0.982. The van der Waals surface area contributed by atoms with E-state index in [4.69, 9.17) is 9.47 Å². The van der Waals surface area contributed by atoms with Crippen LogP contribution in [0.15, 0.2) is 72.8 Å². The van der Waals surface area contributed by atoms with Crippen LogP contribution in [0.25, 0.3) is 11.1 Å². The van der Waals surface area contributed by atoms with E-state index in [1.165, 1.54) is 6.08 Å². The second-order valence-electron chi connectivity index (χ2n) is 7.38. The van der Waals surface area contributed by atoms with Crippen molar-refractivity contribution in [2.75, 3.05) is 13.7 Å². The third kappa shape index (κ3) is 4.71. The zero-order valence-electron chi connectivity index (χ0n) is 16.3. The van der Waals surface area contributed by atoms with Gasteiger partial charge in [-0.05, 0) is 34.9 Å². The summed E-state index contributed by atoms with van der Waals surface area (Å²) < 4.78 is 11.4. The number of carboxylic acid groups (broad SMARTS) is 1. The van der Waals surface area contributed by atoms with Crippen molar-refractivity contribution in [3.05, 3.63) is 84.0 Å². The third-order valence-corrected chi connectivity index (χ3v) is 4.47. The van der Waals surface area contributed by atoms with Gasteiger partial charge in [-0.3, -0.25) is 0 Å². The molecule has 3 rings (SSSR count). The Morgan fingerprint density at radius 1 is 1.18 bits per heavy atom. The maximum absolute atomic E-state index is 11.3. The molecule has 4 nitrogen and oxygen atoms in total. The first-order chi connectivity index (χ1) is 13.4. The number of methoxy groups -OCH3 is 1. The number of hydrogen-bond acceptors (Lipinski definition) is 3. The Kier molecular flexibility index (Phi) is 5.69. The lowest BCUT2D eigenvalue weighted by Gasteiger charge is -2.18. The lowest BCUT2D eigenvalue weighted by Crippen LogP contribution is -2.17. The van der Waals surface area contributed by atoms with Crippen molar-refractivity contribution in [2.24, 2.45) is 5.41 Å². The number of fused-ring (bicyclic) bond motifs is 1. The second-order valence-corrected chi connectivity index (χ2v) is 7.38. The summed E-state index contributed by atoms with van der Waals surface area (Å²) in [5.74, 6) is 0.542. The van der Waals surface area contributed by atoms with E-state index in [1.54, 1.807) is 7.11 Å². The van der Waals surface area contributed by atoms with Gasteiger partial charge in [0.25, 0.3) is 0 Å². The van der Waals surface area contributed by atoms with Gasteiger partial charge in [-0.2, -0.15) is 0 Å². The quantitative estimate of drug-likeness (QED) is 0.574. The van der Waals surface area contributed by atoms with Crippen molar-refractivity contribution in [3.63, 3.8) is 0 Å². The molecule has 1 aliphatic heterocycles. The summed E-state index contributed by atoms with van der Waals surface area (Å²) >= 11 is 0. The summed E-state index contributed by atoms with van der Waals surface area (Å²) in [4.78, 5) is 11.3. The molecule has 0 saturated carbocycles. The molecule has 1 N–H and O–H groups in total. The van der Waals surface area contributed by atoms with Gasteiger partial charge in [-0.25, -0.2) is 4.79 Å². The number of ether oxygens (including phenoxy) is 2. The molecular weight excluding hydrogens is 352 g/mol. The number of carbonyl (C=O) groups is 1. The normalized spacial score (nSPS) is 16.0. The molecule has 0 bridgehead atoms. The summed E-state index contributed by atoms with van der Waals surface area (Å²) in [6, 6.07) is 15.2. The van der Waals surface area contributed by atoms with Gasteiger partial charge in [-0.1, -0.05) is 62.4 Å². The summed E-state index contributed by atoms with van der Waals surface area (Å²) in [6.45, 7) is 4.77. The molecule has 1 aliphatic rings. The van der Waals surface area contributed by atoms with Gasteiger partial charge >= 0.3 is 5.97 Å². The summed E-state index contributed by atoms with van der Waals surface area (Å²) in [5, 5.41) is 9.27. The lowest BCUT2D eigenvalue weighted by molar-refractivity contribution is -0.131. The van der Waals surface area contributed by atoms with Crippen LogP contribution in [-0.2, 0) is 4.79 Å². The number of carboxylic acids is 1. The van der Waals surface area contributed by atoms with E-state index in [0.717, 1.165) is 28.2 Å². The van der Waals surface area contributed by atoms with Crippen molar-refractivity contribution >= 4 is 17.1 Å². The molecule has 1 heterocycles. The van der Waals surface area contributed by atoms with Gasteiger partial charge in [0.05, 0.1) is 13.7 Å². The number of benzene rings is 2. The molecular formula is C24H24O4. The van der Waals surface area contributed by atoms with E-state index < -0.39 is 5.97 Å². The highest BCUT2D eigenvalue weighted by molar-refractivity contribution is 5.94. The molecule has 0 spiro atoms. The summed E-state index contributed by atoms with van der Waals surface area (Å²) in [5.41, 5.74) is 3.18. The molecule has 0 amide bonds. The van der Waals surface area contributed by atoms with Crippen LogP contribution in [-0.4, -0.2) is 24.8 Å². The van der Waals surface area contributed by atoms with Crippen molar-refractivity contribution in [3.8, 4) is 11.5 Å². The number of hydrogen-bond donors (Lipinski definition) is 1. The maximum Gasteiger partial charge on any atom is 0.328 e. The Morgan fingerprint density at radius 2 is 1.93 bits per heavy atom. The third-order valence-electron chi connectivity index (χ3n) is 4.47. The number of aliphatic carboxylic acids is 1. The van der Waals surface area contributed by atoms with Gasteiger partial charge < -0.3 is 14.6 Å². The van der Waals surface area contributed by atoms with Gasteiger partial charge in [0.2, 0.25) is 0 Å². The highest BCUT2D eigenvalue weighted by atomic mass is 16.5. The fourth-order valence-corrected chi connectivity index (χ4v) is 3.10. The van der Waals surface area contributed by atoms with Crippen molar-refractivity contribution in [1.82, 2.24) is 0 Å². The van der Waals surface area contributed by atoms with E-state index >= 15 is 0 Å². The van der Waals surface area contributed by atoms with Crippen LogP contribution < -0.4 is 9.47 Å². The molecule has 28 heavy (non-hydrogen) atoms. The average Bonchev–Trinajstić information content (AvgIpc) is 2.81. The van der Waals surface area contributed by atoms with E-state index in [0.29, 0.717) is 12.2 Å². The van der Waals surface area contributed by atoms with Crippen molar-refractivity contribution in [1.29, 1.82) is 0 Å². The van der Waals surface area contributed by atoms with Gasteiger partial charge in [0, 0.05) is 17.1 Å². The van der Waals surface area contributed by atoms with Crippen LogP contribution in [0.5, 0.6) is 11.5 Å². The highest BCUT2D eigenvalue weighted by Crippen LogP contribution is 2.38. The average molecular weight is 376 g/mol. The second kappa shape index (κ2) is 8.17. The van der Waals surface area contributed by atoms with Crippen LogP contribution in [0.1, 0.15) is 25.0 Å². The fourth-order valence-electron chi connectivity index (χ4n) is 3.10. The Hall–Kier alpha value is -3.27. The SMILES string of the molecule is COc1ccc2c(c1)C(/C=C/C(=C/C(=O)O)c1ccccc1)=CC(C)(C)CO2. The first-order valence-corrected chi connectivity index (χ1v) is 9.10. The molecule has 0 radical (unpaired) electrons. The van der Waals surface area contributed by atoms with E-state index in [9.17, 15) is 9.90 Å². The Labute approximate surface area is 165 Å². The van der Waals surface area contributed by atoms with Crippen LogP contribution >= 0.6 is 0 Å². The largest absolute Gasteiger partial charge is 0.497 e. The van der Waals surface area contributed by atoms with Gasteiger partial charge in [-0.15, -0.1) is 0 Å². The van der Waals surface area contributed by atoms with Crippen molar-refractivity contribution in [2.45, 2.75) is 13.8 Å². The fraction of sp³-hybridized carbons (Fsp3) is 0.208. The molecule has 2 aromatic rings. The zero-order valence-corrected chi connectivity index (χ0v) is 16.3. The summed E-state index contributed by atoms with van der Waals surface area (Å²) in [6.07, 6.45) is 7.14. The van der Waals surface area contributed by atoms with Crippen molar-refractivity contribution < 1.29 is 19.4 Å².